The fraction of sp³-hybridized carbons (Fsp3) is 0. The highest BCUT2D eigenvalue weighted by atomic mass is 32.2. The van der Waals surface area contributed by atoms with Crippen molar-refractivity contribution < 1.29 is 0 Å². The van der Waals surface area contributed by atoms with E-state index in [1.165, 1.54) is 4.90 Å². The third-order valence-electron chi connectivity index (χ3n) is 3.04. The number of hydrogen-bond acceptors (Lipinski definition) is 2. The van der Waals surface area contributed by atoms with Gasteiger partial charge in [0, 0.05) is 10.8 Å². The highest BCUT2D eigenvalue weighted by Gasteiger charge is 2.03. The molecule has 22 heavy (non-hydrogen) atoms. The van der Waals surface area contributed by atoms with Crippen LogP contribution in [-0.4, -0.2) is 5.87 Å². The number of nitrogens with zero attached hydrogens (tertiary/aromatic N) is 1. The Kier molecular flexibility index (Phi) is 4.88. The van der Waals surface area contributed by atoms with Crippen molar-refractivity contribution in [2.75, 3.05) is 0 Å². The van der Waals surface area contributed by atoms with Crippen molar-refractivity contribution in [2.24, 2.45) is 4.99 Å². The summed E-state index contributed by atoms with van der Waals surface area (Å²) in [6.45, 7) is 0. The Balaban J connectivity index is 1.98. The molecular formula is C20H15NS. The maximum atomic E-state index is 4.47. The van der Waals surface area contributed by atoms with Gasteiger partial charge in [-0.3, -0.25) is 0 Å². The number of hydrogen-bond donors (Lipinski definition) is 0. The summed E-state index contributed by atoms with van der Waals surface area (Å²) in [6.07, 6.45) is 0. The zero-order valence-electron chi connectivity index (χ0n) is 12.0. The van der Waals surface area contributed by atoms with Gasteiger partial charge in [-0.1, -0.05) is 78.5 Å². The van der Waals surface area contributed by atoms with E-state index in [0.29, 0.717) is 0 Å². The standard InChI is InChI=1S/C20H15NS/c1-4-10-17(11-5-1)20(22-19-14-8-3-9-15-19)16-21-18-12-6-2-7-13-18/h1-15H. The smallest absolute Gasteiger partial charge is 0.0809 e. The summed E-state index contributed by atoms with van der Waals surface area (Å²) in [4.78, 5) is 6.66. The minimum Gasteiger partial charge on any atom is -0.205 e. The molecule has 0 fully saturated rings. The van der Waals surface area contributed by atoms with Crippen molar-refractivity contribution in [2.45, 2.75) is 4.90 Å². The third kappa shape index (κ3) is 3.98. The summed E-state index contributed by atoms with van der Waals surface area (Å²) in [6, 6.07) is 30.4. The third-order valence-corrected chi connectivity index (χ3v) is 4.08. The fourth-order valence-electron chi connectivity index (χ4n) is 1.96. The van der Waals surface area contributed by atoms with E-state index < -0.39 is 0 Å². The average Bonchev–Trinajstić information content (AvgIpc) is 2.61. The summed E-state index contributed by atoms with van der Waals surface area (Å²) in [5.74, 6) is 3.21. The van der Waals surface area contributed by atoms with Crippen molar-refractivity contribution in [3.8, 4) is 0 Å². The Morgan fingerprint density at radius 1 is 0.682 bits per heavy atom. The predicted molar refractivity (Wildman–Crippen MR) is 95.7 cm³/mol. The number of aliphatic imine (C=N–C) groups is 1. The maximum absolute atomic E-state index is 4.47. The van der Waals surface area contributed by atoms with Crippen molar-refractivity contribution in [1.29, 1.82) is 0 Å². The zero-order chi connectivity index (χ0) is 15.0. The molecule has 0 unspecified atom stereocenters. The van der Waals surface area contributed by atoms with Gasteiger partial charge >= 0.3 is 0 Å². The van der Waals surface area contributed by atoms with Crippen LogP contribution in [-0.2, 0) is 0 Å². The molecule has 0 bridgehead atoms. The number of thioether (sulfide) groups is 1. The first-order chi connectivity index (χ1) is 10.9. The Labute approximate surface area is 135 Å². The second-order valence-electron chi connectivity index (χ2n) is 4.67. The summed E-state index contributed by atoms with van der Waals surface area (Å²) in [7, 11) is 0. The highest BCUT2D eigenvalue weighted by Crippen LogP contribution is 2.32. The van der Waals surface area contributed by atoms with Crippen LogP contribution in [0.1, 0.15) is 5.56 Å². The molecule has 0 amide bonds. The number of para-hydroxylation sites is 1. The quantitative estimate of drug-likeness (QED) is 0.437. The zero-order valence-corrected chi connectivity index (χ0v) is 12.8. The molecule has 0 spiro atoms. The lowest BCUT2D eigenvalue weighted by Gasteiger charge is -2.04. The van der Waals surface area contributed by atoms with Gasteiger partial charge in [-0.05, 0) is 29.8 Å². The van der Waals surface area contributed by atoms with Crippen LogP contribution in [0.5, 0.6) is 0 Å². The van der Waals surface area contributed by atoms with Gasteiger partial charge in [0.2, 0.25) is 0 Å². The molecule has 3 rings (SSSR count). The maximum Gasteiger partial charge on any atom is 0.0809 e. The Bertz CT molecular complexity index is 774. The van der Waals surface area contributed by atoms with Crippen LogP contribution in [0.3, 0.4) is 0 Å². The second kappa shape index (κ2) is 7.46. The molecule has 2 heteroatoms. The van der Waals surface area contributed by atoms with Crippen LogP contribution in [0, 0.1) is 0 Å². The largest absolute Gasteiger partial charge is 0.205 e. The van der Waals surface area contributed by atoms with Crippen molar-refractivity contribution in [3.63, 3.8) is 0 Å². The molecule has 3 aromatic carbocycles. The number of benzene rings is 3. The van der Waals surface area contributed by atoms with E-state index in [0.717, 1.165) is 16.2 Å². The molecule has 0 aromatic heterocycles. The molecule has 0 atom stereocenters. The minimum atomic E-state index is 0.907. The molecule has 106 valence electrons. The number of rotatable bonds is 4. The van der Waals surface area contributed by atoms with Crippen molar-refractivity contribution in [3.05, 3.63) is 96.6 Å². The molecule has 1 nitrogen and oxygen atoms in total. The average molecular weight is 301 g/mol. The lowest BCUT2D eigenvalue weighted by molar-refractivity contribution is 1.47. The Hall–Kier alpha value is -2.54. The first-order valence-electron chi connectivity index (χ1n) is 7.09. The molecule has 0 heterocycles. The van der Waals surface area contributed by atoms with Gasteiger partial charge in [0.25, 0.3) is 0 Å². The molecule has 0 radical (unpaired) electrons. The Morgan fingerprint density at radius 2 is 1.23 bits per heavy atom. The molecule has 0 aliphatic heterocycles. The first kappa shape index (κ1) is 14.4. The predicted octanol–water partition coefficient (Wildman–Crippen LogP) is 5.82. The summed E-state index contributed by atoms with van der Waals surface area (Å²) in [5, 5.41) is 0. The summed E-state index contributed by atoms with van der Waals surface area (Å²) >= 11 is 1.67. The molecule has 0 aliphatic carbocycles. The highest BCUT2D eigenvalue weighted by molar-refractivity contribution is 8.08. The summed E-state index contributed by atoms with van der Waals surface area (Å²) in [5.41, 5.74) is 2.03. The van der Waals surface area contributed by atoms with E-state index in [2.05, 4.69) is 35.1 Å². The lowest BCUT2D eigenvalue weighted by atomic mass is 10.2. The van der Waals surface area contributed by atoms with Crippen LogP contribution >= 0.6 is 11.8 Å². The molecule has 0 aliphatic rings. The van der Waals surface area contributed by atoms with Crippen LogP contribution in [0.2, 0.25) is 0 Å². The van der Waals surface area contributed by atoms with Crippen LogP contribution in [0.4, 0.5) is 5.69 Å². The topological polar surface area (TPSA) is 12.4 Å². The first-order valence-corrected chi connectivity index (χ1v) is 7.90. The van der Waals surface area contributed by atoms with E-state index in [-0.39, 0.29) is 0 Å². The fourth-order valence-corrected chi connectivity index (χ4v) is 2.83. The van der Waals surface area contributed by atoms with E-state index in [4.69, 9.17) is 0 Å². The molecule has 0 saturated carbocycles. The molecule has 0 N–H and O–H groups in total. The van der Waals surface area contributed by atoms with Gasteiger partial charge in [-0.2, -0.15) is 0 Å². The van der Waals surface area contributed by atoms with Gasteiger partial charge < -0.3 is 0 Å². The van der Waals surface area contributed by atoms with Crippen LogP contribution in [0.15, 0.2) is 101 Å². The SMILES string of the molecule is C(=Nc1ccccc1)=C(Sc1ccccc1)c1ccccc1. The Morgan fingerprint density at radius 3 is 1.86 bits per heavy atom. The van der Waals surface area contributed by atoms with Gasteiger partial charge in [0.1, 0.15) is 0 Å². The normalized spacial score (nSPS) is 9.82. The van der Waals surface area contributed by atoms with E-state index in [1.807, 2.05) is 66.7 Å². The molecule has 3 aromatic rings. The lowest BCUT2D eigenvalue weighted by Crippen LogP contribution is -1.81. The van der Waals surface area contributed by atoms with E-state index in [9.17, 15) is 0 Å². The van der Waals surface area contributed by atoms with E-state index >= 15 is 0 Å². The van der Waals surface area contributed by atoms with Gasteiger partial charge in [0.05, 0.1) is 10.6 Å². The second-order valence-corrected chi connectivity index (χ2v) is 5.75. The van der Waals surface area contributed by atoms with Gasteiger partial charge in [-0.15, -0.1) is 0 Å². The van der Waals surface area contributed by atoms with Gasteiger partial charge in [0.15, 0.2) is 0 Å². The van der Waals surface area contributed by atoms with Crippen molar-refractivity contribution in [1.82, 2.24) is 0 Å². The van der Waals surface area contributed by atoms with Crippen LogP contribution < -0.4 is 0 Å². The minimum absolute atomic E-state index is 0.907. The van der Waals surface area contributed by atoms with Crippen molar-refractivity contribution >= 4 is 28.2 Å². The van der Waals surface area contributed by atoms with Gasteiger partial charge in [-0.25, -0.2) is 4.99 Å². The van der Waals surface area contributed by atoms with Crippen LogP contribution in [0.25, 0.3) is 4.91 Å². The van der Waals surface area contributed by atoms with E-state index in [1.54, 1.807) is 11.8 Å². The summed E-state index contributed by atoms with van der Waals surface area (Å²) < 4.78 is 0. The monoisotopic (exact) mass is 301 g/mol. The molecule has 0 saturated heterocycles. The molecular weight excluding hydrogens is 286 g/mol.